The summed E-state index contributed by atoms with van der Waals surface area (Å²) in [5, 5.41) is 0. The number of nitrogens with zero attached hydrogens (tertiary/aromatic N) is 1. The molecule has 0 saturated heterocycles. The Morgan fingerprint density at radius 2 is 2.00 bits per heavy atom. The Kier molecular flexibility index (Phi) is 3.11. The first-order valence-corrected chi connectivity index (χ1v) is 6.16. The molecule has 1 unspecified atom stereocenters. The van der Waals surface area contributed by atoms with Crippen LogP contribution < -0.4 is 0 Å². The zero-order valence-electron chi connectivity index (χ0n) is 10.9. The molecule has 0 saturated carbocycles. The minimum Gasteiger partial charge on any atom is -0.348 e. The fourth-order valence-electron chi connectivity index (χ4n) is 2.79. The summed E-state index contributed by atoms with van der Waals surface area (Å²) in [6.07, 6.45) is 0.564. The first-order chi connectivity index (χ1) is 7.99. The summed E-state index contributed by atoms with van der Waals surface area (Å²) in [6, 6.07) is 0. The largest absolute Gasteiger partial charge is 0.348 e. The molecule has 0 N–H and O–H groups in total. The fourth-order valence-corrected chi connectivity index (χ4v) is 2.79. The molecular formula is C14H19F2N. The zero-order valence-corrected chi connectivity index (χ0v) is 10.9. The molecule has 1 aromatic heterocycles. The Hall–Kier alpha value is -1.12. The van der Waals surface area contributed by atoms with Crippen molar-refractivity contribution in [3.63, 3.8) is 0 Å². The van der Waals surface area contributed by atoms with Gasteiger partial charge in [-0.3, -0.25) is 0 Å². The van der Waals surface area contributed by atoms with E-state index in [-0.39, 0.29) is 12.2 Å². The average Bonchev–Trinajstić information content (AvgIpc) is 2.52. The molecule has 1 heterocycles. The van der Waals surface area contributed by atoms with Gasteiger partial charge in [0.15, 0.2) is 0 Å². The number of rotatable bonds is 2. The average molecular weight is 239 g/mol. The Bertz CT molecular complexity index is 483. The van der Waals surface area contributed by atoms with Gasteiger partial charge in [-0.15, -0.1) is 0 Å². The Morgan fingerprint density at radius 1 is 1.35 bits per heavy atom. The summed E-state index contributed by atoms with van der Waals surface area (Å²) in [6.45, 7) is 5.81. The van der Waals surface area contributed by atoms with Gasteiger partial charge in [0.05, 0.1) is 5.69 Å². The quantitative estimate of drug-likeness (QED) is 0.720. The van der Waals surface area contributed by atoms with E-state index in [4.69, 9.17) is 0 Å². The van der Waals surface area contributed by atoms with E-state index in [0.717, 1.165) is 35.4 Å². The van der Waals surface area contributed by atoms with Gasteiger partial charge in [-0.25, -0.2) is 8.78 Å². The predicted molar refractivity (Wildman–Crippen MR) is 66.3 cm³/mol. The molecular weight excluding hydrogens is 220 g/mol. The first kappa shape index (κ1) is 12.3. The van der Waals surface area contributed by atoms with Gasteiger partial charge in [0.25, 0.3) is 0 Å². The minimum atomic E-state index is -1.19. The SMILES string of the molecule is CCCc1c2c(n(C)c1C)C(C)=C(F)CC2F. The predicted octanol–water partition coefficient (Wildman–Crippen LogP) is 4.40. The number of aromatic nitrogens is 1. The highest BCUT2D eigenvalue weighted by Crippen LogP contribution is 2.43. The van der Waals surface area contributed by atoms with Crippen molar-refractivity contribution in [1.82, 2.24) is 4.57 Å². The van der Waals surface area contributed by atoms with E-state index in [0.29, 0.717) is 5.57 Å². The Labute approximate surface area is 101 Å². The fraction of sp³-hybridized carbons (Fsp3) is 0.571. The van der Waals surface area contributed by atoms with E-state index < -0.39 is 6.17 Å². The van der Waals surface area contributed by atoms with Crippen molar-refractivity contribution in [2.45, 2.75) is 46.2 Å². The van der Waals surface area contributed by atoms with Crippen LogP contribution in [0.4, 0.5) is 8.78 Å². The van der Waals surface area contributed by atoms with Crippen LogP contribution >= 0.6 is 0 Å². The van der Waals surface area contributed by atoms with E-state index in [1.54, 1.807) is 6.92 Å². The van der Waals surface area contributed by atoms with Gasteiger partial charge >= 0.3 is 0 Å². The van der Waals surface area contributed by atoms with Crippen LogP contribution in [0.15, 0.2) is 5.83 Å². The molecule has 0 aliphatic heterocycles. The number of hydrogen-bond donors (Lipinski definition) is 0. The van der Waals surface area contributed by atoms with E-state index in [1.165, 1.54) is 0 Å². The van der Waals surface area contributed by atoms with Crippen LogP contribution in [0.5, 0.6) is 0 Å². The highest BCUT2D eigenvalue weighted by molar-refractivity contribution is 5.71. The lowest BCUT2D eigenvalue weighted by Crippen LogP contribution is -2.07. The maximum absolute atomic E-state index is 14.1. The van der Waals surface area contributed by atoms with Crippen molar-refractivity contribution < 1.29 is 8.78 Å². The molecule has 1 atom stereocenters. The molecule has 0 radical (unpaired) electrons. The van der Waals surface area contributed by atoms with Crippen LogP contribution in [-0.2, 0) is 13.5 Å². The van der Waals surface area contributed by atoms with Gasteiger partial charge in [0, 0.05) is 30.3 Å². The molecule has 0 fully saturated rings. The molecule has 0 amide bonds. The molecule has 1 aliphatic carbocycles. The molecule has 17 heavy (non-hydrogen) atoms. The molecule has 1 aromatic rings. The van der Waals surface area contributed by atoms with Gasteiger partial charge in [0.2, 0.25) is 0 Å². The molecule has 1 aliphatic rings. The number of halogens is 2. The monoisotopic (exact) mass is 239 g/mol. The maximum atomic E-state index is 14.1. The first-order valence-electron chi connectivity index (χ1n) is 6.16. The topological polar surface area (TPSA) is 4.93 Å². The normalized spacial score (nSPS) is 19.8. The molecule has 3 heteroatoms. The summed E-state index contributed by atoms with van der Waals surface area (Å²) in [7, 11) is 1.89. The van der Waals surface area contributed by atoms with E-state index in [9.17, 15) is 8.78 Å². The lowest BCUT2D eigenvalue weighted by molar-refractivity contribution is 0.315. The molecule has 2 rings (SSSR count). The van der Waals surface area contributed by atoms with Gasteiger partial charge in [-0.1, -0.05) is 13.3 Å². The third-order valence-electron chi connectivity index (χ3n) is 3.79. The number of allylic oxidation sites excluding steroid dienone is 2. The van der Waals surface area contributed by atoms with Crippen molar-refractivity contribution >= 4 is 5.57 Å². The number of hydrogen-bond acceptors (Lipinski definition) is 0. The summed E-state index contributed by atoms with van der Waals surface area (Å²) >= 11 is 0. The second-order valence-electron chi connectivity index (χ2n) is 4.84. The minimum absolute atomic E-state index is 0.0982. The van der Waals surface area contributed by atoms with Gasteiger partial charge in [-0.2, -0.15) is 0 Å². The molecule has 0 aromatic carbocycles. The molecule has 0 bridgehead atoms. The van der Waals surface area contributed by atoms with E-state index >= 15 is 0 Å². The van der Waals surface area contributed by atoms with Crippen molar-refractivity contribution in [2.75, 3.05) is 0 Å². The second kappa shape index (κ2) is 4.28. The summed E-state index contributed by atoms with van der Waals surface area (Å²) < 4.78 is 29.7. The lowest BCUT2D eigenvalue weighted by Gasteiger charge is -2.19. The number of alkyl halides is 1. The van der Waals surface area contributed by atoms with Gasteiger partial charge in [0.1, 0.15) is 12.0 Å². The van der Waals surface area contributed by atoms with Crippen LogP contribution in [-0.4, -0.2) is 4.57 Å². The Morgan fingerprint density at radius 3 is 2.59 bits per heavy atom. The van der Waals surface area contributed by atoms with Crippen molar-refractivity contribution in [3.8, 4) is 0 Å². The number of fused-ring (bicyclic) bond motifs is 1. The maximum Gasteiger partial charge on any atom is 0.134 e. The standard InChI is InChI=1S/C14H19F2N/c1-5-6-10-9(3)17(4)14-8(2)11(15)7-12(16)13(10)14/h12H,5-7H2,1-4H3. The highest BCUT2D eigenvalue weighted by atomic mass is 19.1. The smallest absolute Gasteiger partial charge is 0.134 e. The molecule has 1 nitrogen and oxygen atoms in total. The van der Waals surface area contributed by atoms with Crippen LogP contribution in [0.1, 0.15) is 55.4 Å². The summed E-state index contributed by atoms with van der Waals surface area (Å²) in [5.41, 5.74) is 4.22. The van der Waals surface area contributed by atoms with Crippen LogP contribution in [0, 0.1) is 6.92 Å². The second-order valence-corrected chi connectivity index (χ2v) is 4.84. The van der Waals surface area contributed by atoms with Crippen molar-refractivity contribution in [1.29, 1.82) is 0 Å². The van der Waals surface area contributed by atoms with Crippen LogP contribution in [0.3, 0.4) is 0 Å². The van der Waals surface area contributed by atoms with Gasteiger partial charge < -0.3 is 4.57 Å². The summed E-state index contributed by atoms with van der Waals surface area (Å²) in [4.78, 5) is 0. The molecule has 0 spiro atoms. The van der Waals surface area contributed by atoms with Crippen molar-refractivity contribution in [2.24, 2.45) is 7.05 Å². The van der Waals surface area contributed by atoms with Crippen molar-refractivity contribution in [3.05, 3.63) is 28.3 Å². The third-order valence-corrected chi connectivity index (χ3v) is 3.79. The van der Waals surface area contributed by atoms with Gasteiger partial charge in [-0.05, 0) is 25.8 Å². The molecule has 94 valence electrons. The van der Waals surface area contributed by atoms with E-state index in [1.807, 2.05) is 18.5 Å². The highest BCUT2D eigenvalue weighted by Gasteiger charge is 2.31. The third kappa shape index (κ3) is 1.72. The summed E-state index contributed by atoms with van der Waals surface area (Å²) in [5.74, 6) is -0.311. The zero-order chi connectivity index (χ0) is 12.7. The Balaban J connectivity index is 2.70. The lowest BCUT2D eigenvalue weighted by atomic mass is 9.91. The van der Waals surface area contributed by atoms with E-state index in [2.05, 4.69) is 6.92 Å². The van der Waals surface area contributed by atoms with Crippen LogP contribution in [0.25, 0.3) is 5.57 Å². The van der Waals surface area contributed by atoms with Crippen LogP contribution in [0.2, 0.25) is 0 Å².